The van der Waals surface area contributed by atoms with Crippen LogP contribution >= 0.6 is 11.6 Å². The number of nitrogens with one attached hydrogen (secondary N) is 2. The Morgan fingerprint density at radius 1 is 1.13 bits per heavy atom. The van der Waals surface area contributed by atoms with Gasteiger partial charge in [-0.05, 0) is 37.1 Å². The number of methoxy groups -OCH3 is 1. The first-order valence-electron chi connectivity index (χ1n) is 10.00. The van der Waals surface area contributed by atoms with Crippen LogP contribution in [0.3, 0.4) is 0 Å². The summed E-state index contributed by atoms with van der Waals surface area (Å²) in [5, 5.41) is 6.11. The molecule has 7 nitrogen and oxygen atoms in total. The van der Waals surface area contributed by atoms with E-state index in [0.717, 1.165) is 5.56 Å². The largest absolute Gasteiger partial charge is 0.493 e. The first-order valence-corrected chi connectivity index (χ1v) is 10.4. The van der Waals surface area contributed by atoms with Gasteiger partial charge in [-0.1, -0.05) is 42.8 Å². The third-order valence-electron chi connectivity index (χ3n) is 4.86. The maximum absolute atomic E-state index is 12.7. The van der Waals surface area contributed by atoms with E-state index in [-0.39, 0.29) is 19.2 Å². The highest BCUT2D eigenvalue weighted by atomic mass is 35.5. The highest BCUT2D eigenvalue weighted by Crippen LogP contribution is 2.35. The molecule has 2 N–H and O–H groups in total. The van der Waals surface area contributed by atoms with Crippen LogP contribution in [0, 0.1) is 0 Å². The highest BCUT2D eigenvalue weighted by Gasteiger charge is 2.33. The predicted octanol–water partition coefficient (Wildman–Crippen LogP) is 4.51. The maximum Gasteiger partial charge on any atom is 0.338 e. The molecule has 0 aromatic heterocycles. The lowest BCUT2D eigenvalue weighted by atomic mass is 9.94. The second kappa shape index (κ2) is 10.2. The topological polar surface area (TPSA) is 85.9 Å². The van der Waals surface area contributed by atoms with Gasteiger partial charge in [-0.25, -0.2) is 9.59 Å². The monoisotopic (exact) mass is 444 g/mol. The number of allylic oxidation sites excluding steroid dienone is 1. The fourth-order valence-corrected chi connectivity index (χ4v) is 3.54. The van der Waals surface area contributed by atoms with Crippen LogP contribution < -0.4 is 20.1 Å². The molecule has 2 amide bonds. The normalized spacial score (nSPS) is 15.7. The summed E-state index contributed by atoms with van der Waals surface area (Å²) in [7, 11) is 1.54. The molecule has 1 aliphatic heterocycles. The molecule has 8 heteroatoms. The summed E-state index contributed by atoms with van der Waals surface area (Å²) in [5.74, 6) is 0.508. The van der Waals surface area contributed by atoms with Gasteiger partial charge in [-0.15, -0.1) is 0 Å². The molecule has 2 aromatic carbocycles. The van der Waals surface area contributed by atoms with Crippen LogP contribution in [-0.4, -0.2) is 25.7 Å². The number of benzene rings is 2. The van der Waals surface area contributed by atoms with Crippen molar-refractivity contribution in [3.63, 3.8) is 0 Å². The van der Waals surface area contributed by atoms with Gasteiger partial charge in [0.15, 0.2) is 11.5 Å². The number of halogens is 1. The third kappa shape index (κ3) is 5.11. The van der Waals surface area contributed by atoms with E-state index in [1.54, 1.807) is 38.3 Å². The first kappa shape index (κ1) is 22.5. The Labute approximate surface area is 186 Å². The molecule has 1 aliphatic rings. The predicted molar refractivity (Wildman–Crippen MR) is 117 cm³/mol. The van der Waals surface area contributed by atoms with Gasteiger partial charge >= 0.3 is 12.0 Å². The molecule has 0 aliphatic carbocycles. The molecule has 2 aromatic rings. The van der Waals surface area contributed by atoms with E-state index in [0.29, 0.717) is 39.8 Å². The molecule has 1 unspecified atom stereocenters. The van der Waals surface area contributed by atoms with Crippen molar-refractivity contribution in [3.8, 4) is 11.5 Å². The fourth-order valence-electron chi connectivity index (χ4n) is 3.35. The fraction of sp³-hybridized carbons (Fsp3) is 0.304. The SMILES string of the molecule is CCOC(=O)C1=C(CC)NC(=O)NC1c1ccc(OC)c(OCc2ccccc2Cl)c1. The van der Waals surface area contributed by atoms with Crippen LogP contribution in [0.4, 0.5) is 4.79 Å². The molecule has 1 atom stereocenters. The van der Waals surface area contributed by atoms with Gasteiger partial charge in [-0.3, -0.25) is 0 Å². The van der Waals surface area contributed by atoms with Crippen molar-refractivity contribution in [2.24, 2.45) is 0 Å². The molecule has 0 spiro atoms. The van der Waals surface area contributed by atoms with Gasteiger partial charge in [0.25, 0.3) is 0 Å². The summed E-state index contributed by atoms with van der Waals surface area (Å²) in [6.45, 7) is 4.07. The van der Waals surface area contributed by atoms with Gasteiger partial charge in [0.05, 0.1) is 25.3 Å². The van der Waals surface area contributed by atoms with Crippen molar-refractivity contribution in [3.05, 3.63) is 69.9 Å². The summed E-state index contributed by atoms with van der Waals surface area (Å²) < 4.78 is 16.6. The summed E-state index contributed by atoms with van der Waals surface area (Å²) in [4.78, 5) is 24.9. The summed E-state index contributed by atoms with van der Waals surface area (Å²) in [6.07, 6.45) is 0.476. The van der Waals surface area contributed by atoms with Crippen LogP contribution in [0.5, 0.6) is 11.5 Å². The minimum Gasteiger partial charge on any atom is -0.493 e. The number of carbonyl (C=O) groups excluding carboxylic acids is 2. The zero-order chi connectivity index (χ0) is 22.4. The second-order valence-corrected chi connectivity index (χ2v) is 7.20. The van der Waals surface area contributed by atoms with Gasteiger partial charge in [0.1, 0.15) is 6.61 Å². The molecule has 0 radical (unpaired) electrons. The minimum absolute atomic E-state index is 0.231. The number of amides is 2. The number of esters is 1. The Morgan fingerprint density at radius 3 is 2.58 bits per heavy atom. The van der Waals surface area contributed by atoms with Gasteiger partial charge in [-0.2, -0.15) is 0 Å². The van der Waals surface area contributed by atoms with Gasteiger partial charge in [0, 0.05) is 16.3 Å². The lowest BCUT2D eigenvalue weighted by Crippen LogP contribution is -2.45. The molecule has 0 bridgehead atoms. The van der Waals surface area contributed by atoms with Crippen molar-refractivity contribution < 1.29 is 23.8 Å². The third-order valence-corrected chi connectivity index (χ3v) is 5.23. The molecule has 31 heavy (non-hydrogen) atoms. The smallest absolute Gasteiger partial charge is 0.338 e. The average molecular weight is 445 g/mol. The quantitative estimate of drug-likeness (QED) is 0.585. The molecule has 1 heterocycles. The number of carbonyl (C=O) groups is 2. The Morgan fingerprint density at radius 2 is 1.90 bits per heavy atom. The Hall–Kier alpha value is -3.19. The summed E-state index contributed by atoms with van der Waals surface area (Å²) in [5.41, 5.74) is 2.39. The number of ether oxygens (including phenoxy) is 3. The zero-order valence-electron chi connectivity index (χ0n) is 17.7. The summed E-state index contributed by atoms with van der Waals surface area (Å²) >= 11 is 6.23. The Balaban J connectivity index is 1.97. The molecule has 164 valence electrons. The number of hydrogen-bond acceptors (Lipinski definition) is 5. The lowest BCUT2D eigenvalue weighted by molar-refractivity contribution is -0.139. The first-order chi connectivity index (χ1) is 15.0. The van der Waals surface area contributed by atoms with E-state index in [4.69, 9.17) is 25.8 Å². The zero-order valence-corrected chi connectivity index (χ0v) is 18.4. The van der Waals surface area contributed by atoms with E-state index in [9.17, 15) is 9.59 Å². The molecule has 3 rings (SSSR count). The molecular weight excluding hydrogens is 420 g/mol. The van der Waals surface area contributed by atoms with Crippen molar-refractivity contribution in [2.45, 2.75) is 32.9 Å². The molecule has 0 fully saturated rings. The number of urea groups is 1. The molecule has 0 saturated carbocycles. The van der Waals surface area contributed by atoms with Crippen molar-refractivity contribution in [1.29, 1.82) is 0 Å². The number of hydrogen-bond donors (Lipinski definition) is 2. The van der Waals surface area contributed by atoms with E-state index in [1.165, 1.54) is 0 Å². The minimum atomic E-state index is -0.684. The standard InChI is InChI=1S/C23H25ClN2O5/c1-4-17-20(22(27)30-5-2)21(26-23(28)25-17)14-10-11-18(29-3)19(12-14)31-13-15-8-6-7-9-16(15)24/h6-12,21H,4-5,13H2,1-3H3,(H2,25,26,28). The van der Waals surface area contributed by atoms with Crippen LogP contribution in [0.15, 0.2) is 53.7 Å². The van der Waals surface area contributed by atoms with Crippen molar-refractivity contribution >= 4 is 23.6 Å². The summed E-state index contributed by atoms with van der Waals surface area (Å²) in [6, 6.07) is 11.6. The van der Waals surface area contributed by atoms with E-state index in [2.05, 4.69) is 10.6 Å². The second-order valence-electron chi connectivity index (χ2n) is 6.79. The molecule has 0 saturated heterocycles. The number of rotatable bonds is 8. The van der Waals surface area contributed by atoms with Gasteiger partial charge in [0.2, 0.25) is 0 Å². The average Bonchev–Trinajstić information content (AvgIpc) is 2.77. The molecular formula is C23H25ClN2O5. The van der Waals surface area contributed by atoms with Crippen molar-refractivity contribution in [2.75, 3.05) is 13.7 Å². The van der Waals surface area contributed by atoms with Gasteiger partial charge < -0.3 is 24.8 Å². The Kier molecular flexibility index (Phi) is 7.41. The van der Waals surface area contributed by atoms with Crippen molar-refractivity contribution in [1.82, 2.24) is 10.6 Å². The van der Waals surface area contributed by atoms with E-state index >= 15 is 0 Å². The van der Waals surface area contributed by atoms with E-state index < -0.39 is 12.0 Å². The Bertz CT molecular complexity index is 1010. The van der Waals surface area contributed by atoms with Crippen LogP contribution in [0.25, 0.3) is 0 Å². The van der Waals surface area contributed by atoms with E-state index in [1.807, 2.05) is 25.1 Å². The van der Waals surface area contributed by atoms with Crippen LogP contribution in [0.1, 0.15) is 37.4 Å². The van der Waals surface area contributed by atoms with Crippen LogP contribution in [0.2, 0.25) is 5.02 Å². The lowest BCUT2D eigenvalue weighted by Gasteiger charge is -2.29. The maximum atomic E-state index is 12.7. The highest BCUT2D eigenvalue weighted by molar-refractivity contribution is 6.31. The van der Waals surface area contributed by atoms with Crippen LogP contribution in [-0.2, 0) is 16.1 Å².